The molecule has 1 amide bonds. The molecule has 0 saturated carbocycles. The number of benzene rings is 1. The molecule has 1 aromatic carbocycles. The summed E-state index contributed by atoms with van der Waals surface area (Å²) in [5.74, 6) is -0.145. The Morgan fingerprint density at radius 1 is 1.30 bits per heavy atom. The number of rotatable bonds is 2. The Morgan fingerprint density at radius 2 is 2.05 bits per heavy atom. The zero-order valence-electron chi connectivity index (χ0n) is 10.8. The van der Waals surface area contributed by atoms with Crippen molar-refractivity contribution in [2.24, 2.45) is 5.16 Å². The SMILES string of the molecule is CCN1C(=O)CS/C1=C1/C(=O)ON=C1c1ccccc1. The van der Waals surface area contributed by atoms with E-state index in [1.165, 1.54) is 11.8 Å². The molecular formula is C14H12N2O3S. The Balaban J connectivity index is 2.09. The van der Waals surface area contributed by atoms with Crippen LogP contribution in [-0.2, 0) is 14.4 Å². The highest BCUT2D eigenvalue weighted by Gasteiger charge is 2.37. The van der Waals surface area contributed by atoms with Crippen molar-refractivity contribution in [2.45, 2.75) is 6.92 Å². The van der Waals surface area contributed by atoms with Crippen LogP contribution >= 0.6 is 11.8 Å². The maximum atomic E-state index is 12.0. The Kier molecular flexibility index (Phi) is 3.31. The van der Waals surface area contributed by atoms with Crippen molar-refractivity contribution in [2.75, 3.05) is 12.3 Å². The van der Waals surface area contributed by atoms with Crippen LogP contribution in [0.25, 0.3) is 0 Å². The van der Waals surface area contributed by atoms with E-state index < -0.39 is 5.97 Å². The summed E-state index contributed by atoms with van der Waals surface area (Å²) in [7, 11) is 0. The van der Waals surface area contributed by atoms with Gasteiger partial charge in [0, 0.05) is 12.1 Å². The molecule has 0 unspecified atom stereocenters. The topological polar surface area (TPSA) is 59.0 Å². The van der Waals surface area contributed by atoms with Crippen molar-refractivity contribution in [3.05, 3.63) is 46.5 Å². The van der Waals surface area contributed by atoms with E-state index >= 15 is 0 Å². The van der Waals surface area contributed by atoms with Crippen molar-refractivity contribution in [3.63, 3.8) is 0 Å². The lowest BCUT2D eigenvalue weighted by molar-refractivity contribution is -0.136. The van der Waals surface area contributed by atoms with Crippen molar-refractivity contribution in [1.29, 1.82) is 0 Å². The lowest BCUT2D eigenvalue weighted by Gasteiger charge is -2.15. The largest absolute Gasteiger partial charge is 0.370 e. The maximum absolute atomic E-state index is 12.0. The van der Waals surface area contributed by atoms with Crippen LogP contribution in [0.2, 0.25) is 0 Å². The summed E-state index contributed by atoms with van der Waals surface area (Å²) in [6.45, 7) is 2.41. The van der Waals surface area contributed by atoms with E-state index in [1.807, 2.05) is 37.3 Å². The highest BCUT2D eigenvalue weighted by Crippen LogP contribution is 2.35. The first-order valence-corrected chi connectivity index (χ1v) is 7.23. The molecule has 2 aliphatic heterocycles. The summed E-state index contributed by atoms with van der Waals surface area (Å²) in [5, 5.41) is 4.51. The summed E-state index contributed by atoms with van der Waals surface area (Å²) in [6, 6.07) is 9.35. The molecule has 1 saturated heterocycles. The van der Waals surface area contributed by atoms with Crippen LogP contribution in [0.1, 0.15) is 12.5 Å². The average molecular weight is 288 g/mol. The monoisotopic (exact) mass is 288 g/mol. The minimum atomic E-state index is -0.500. The molecule has 0 bridgehead atoms. The highest BCUT2D eigenvalue weighted by molar-refractivity contribution is 8.04. The third-order valence-electron chi connectivity index (χ3n) is 3.12. The number of amides is 1. The van der Waals surface area contributed by atoms with Gasteiger partial charge in [0.25, 0.3) is 0 Å². The van der Waals surface area contributed by atoms with Gasteiger partial charge in [-0.2, -0.15) is 0 Å². The van der Waals surface area contributed by atoms with Crippen LogP contribution in [0, 0.1) is 0 Å². The molecule has 2 aliphatic rings. The number of hydrogen-bond acceptors (Lipinski definition) is 5. The predicted octanol–water partition coefficient (Wildman–Crippen LogP) is 1.75. The van der Waals surface area contributed by atoms with Gasteiger partial charge in [0.15, 0.2) is 0 Å². The molecule has 0 N–H and O–H groups in total. The number of hydrogen-bond donors (Lipinski definition) is 0. The minimum Gasteiger partial charge on any atom is -0.312 e. The van der Waals surface area contributed by atoms with E-state index in [9.17, 15) is 9.59 Å². The second-order valence-corrected chi connectivity index (χ2v) is 5.26. The van der Waals surface area contributed by atoms with Crippen LogP contribution in [0.15, 0.2) is 46.1 Å². The Labute approximate surface area is 120 Å². The molecule has 102 valence electrons. The van der Waals surface area contributed by atoms with E-state index in [2.05, 4.69) is 5.16 Å². The number of carbonyl (C=O) groups excluding carboxylic acids is 2. The van der Waals surface area contributed by atoms with Crippen LogP contribution < -0.4 is 0 Å². The van der Waals surface area contributed by atoms with Crippen LogP contribution in [0.3, 0.4) is 0 Å². The van der Waals surface area contributed by atoms with Crippen LogP contribution in [-0.4, -0.2) is 34.8 Å². The summed E-state index contributed by atoms with van der Waals surface area (Å²) in [6.07, 6.45) is 0. The van der Waals surface area contributed by atoms with Gasteiger partial charge in [-0.05, 0) is 6.92 Å². The molecule has 2 heterocycles. The van der Waals surface area contributed by atoms with Gasteiger partial charge in [-0.15, -0.1) is 0 Å². The van der Waals surface area contributed by atoms with Crippen molar-refractivity contribution in [3.8, 4) is 0 Å². The first kappa shape index (κ1) is 12.9. The summed E-state index contributed by atoms with van der Waals surface area (Å²) >= 11 is 1.36. The molecule has 0 aliphatic carbocycles. The fourth-order valence-corrected chi connectivity index (χ4v) is 3.31. The van der Waals surface area contributed by atoms with Gasteiger partial charge in [-0.25, -0.2) is 4.79 Å². The molecule has 6 heteroatoms. The van der Waals surface area contributed by atoms with Gasteiger partial charge in [0.2, 0.25) is 5.91 Å². The van der Waals surface area contributed by atoms with Crippen molar-refractivity contribution >= 4 is 29.4 Å². The standard InChI is InChI=1S/C14H12N2O3S/c1-2-16-10(17)8-20-13(16)11-12(15-19-14(11)18)9-6-4-3-5-7-9/h3-7H,2,8H2,1H3/b13-11+. The third-order valence-corrected chi connectivity index (χ3v) is 4.21. The molecule has 1 aromatic rings. The molecular weight excluding hydrogens is 276 g/mol. The lowest BCUT2D eigenvalue weighted by atomic mass is 10.0. The Bertz CT molecular complexity index is 637. The van der Waals surface area contributed by atoms with Crippen LogP contribution in [0.4, 0.5) is 0 Å². The highest BCUT2D eigenvalue weighted by atomic mass is 32.2. The van der Waals surface area contributed by atoms with E-state index in [0.717, 1.165) is 5.56 Å². The average Bonchev–Trinajstić information content (AvgIpc) is 3.02. The number of carbonyl (C=O) groups is 2. The number of thioether (sulfide) groups is 1. The van der Waals surface area contributed by atoms with Gasteiger partial charge >= 0.3 is 5.97 Å². The summed E-state index contributed by atoms with van der Waals surface area (Å²) < 4.78 is 0. The zero-order chi connectivity index (χ0) is 14.1. The Hall–Kier alpha value is -2.08. The van der Waals surface area contributed by atoms with E-state index in [1.54, 1.807) is 4.90 Å². The maximum Gasteiger partial charge on any atom is 0.370 e. The van der Waals surface area contributed by atoms with E-state index in [-0.39, 0.29) is 5.91 Å². The predicted molar refractivity (Wildman–Crippen MR) is 75.9 cm³/mol. The molecule has 3 rings (SSSR count). The molecule has 1 fully saturated rings. The molecule has 0 atom stereocenters. The molecule has 0 radical (unpaired) electrons. The van der Waals surface area contributed by atoms with Crippen LogP contribution in [0.5, 0.6) is 0 Å². The van der Waals surface area contributed by atoms with Gasteiger partial charge in [-0.1, -0.05) is 47.2 Å². The quantitative estimate of drug-likeness (QED) is 0.614. The Morgan fingerprint density at radius 3 is 2.75 bits per heavy atom. The zero-order valence-corrected chi connectivity index (χ0v) is 11.6. The first-order valence-electron chi connectivity index (χ1n) is 6.25. The molecule has 0 aromatic heterocycles. The summed E-state index contributed by atoms with van der Waals surface area (Å²) in [4.78, 5) is 30.2. The van der Waals surface area contributed by atoms with Gasteiger partial charge in [-0.3, -0.25) is 4.79 Å². The fourth-order valence-electron chi connectivity index (χ4n) is 2.18. The molecule has 20 heavy (non-hydrogen) atoms. The normalized spacial score (nSPS) is 22.2. The van der Waals surface area contributed by atoms with Crippen molar-refractivity contribution in [1.82, 2.24) is 4.90 Å². The number of oxime groups is 1. The summed E-state index contributed by atoms with van der Waals surface area (Å²) in [5.41, 5.74) is 1.68. The second kappa shape index (κ2) is 5.13. The van der Waals surface area contributed by atoms with Gasteiger partial charge in [0.05, 0.1) is 10.8 Å². The van der Waals surface area contributed by atoms with Gasteiger partial charge in [0.1, 0.15) is 11.3 Å². The van der Waals surface area contributed by atoms with E-state index in [4.69, 9.17) is 4.84 Å². The van der Waals surface area contributed by atoms with Gasteiger partial charge < -0.3 is 9.74 Å². The molecule has 0 spiro atoms. The molecule has 5 nitrogen and oxygen atoms in total. The lowest BCUT2D eigenvalue weighted by Crippen LogP contribution is -2.26. The minimum absolute atomic E-state index is 0.00658. The van der Waals surface area contributed by atoms with E-state index in [0.29, 0.717) is 28.6 Å². The fraction of sp³-hybridized carbons (Fsp3) is 0.214. The third kappa shape index (κ3) is 2.02. The smallest absolute Gasteiger partial charge is 0.312 e. The second-order valence-electron chi connectivity index (χ2n) is 4.29. The first-order chi connectivity index (χ1) is 9.72. The number of nitrogens with zero attached hydrogens (tertiary/aromatic N) is 2. The van der Waals surface area contributed by atoms with Crippen molar-refractivity contribution < 1.29 is 14.4 Å².